The van der Waals surface area contributed by atoms with E-state index in [4.69, 9.17) is 4.74 Å². The van der Waals surface area contributed by atoms with Crippen molar-refractivity contribution in [2.24, 2.45) is 0 Å². The second kappa shape index (κ2) is 4.00. The first-order valence-corrected chi connectivity index (χ1v) is 6.95. The Balaban J connectivity index is 2.54. The van der Waals surface area contributed by atoms with Crippen molar-refractivity contribution in [1.82, 2.24) is 0 Å². The van der Waals surface area contributed by atoms with Gasteiger partial charge in [0.25, 0.3) is 0 Å². The van der Waals surface area contributed by atoms with Crippen LogP contribution in [0.4, 0.5) is 0 Å². The lowest BCUT2D eigenvalue weighted by molar-refractivity contribution is -0.135. The normalized spacial score (nSPS) is 20.4. The molecule has 0 N–H and O–H groups in total. The monoisotopic (exact) mass is 252 g/mol. The third-order valence-corrected chi connectivity index (χ3v) is 3.93. The van der Waals surface area contributed by atoms with Crippen molar-refractivity contribution in [3.05, 3.63) is 42.0 Å². The number of hydrogen-bond acceptors (Lipinski definition) is 4. The molecule has 1 unspecified atom stereocenters. The average Bonchev–Trinajstić information content (AvgIpc) is 2.59. The summed E-state index contributed by atoms with van der Waals surface area (Å²) >= 11 is 0. The summed E-state index contributed by atoms with van der Waals surface area (Å²) in [6.45, 7) is 3.80. The van der Waals surface area contributed by atoms with Crippen molar-refractivity contribution in [2.75, 3.05) is 12.9 Å². The van der Waals surface area contributed by atoms with Crippen LogP contribution < -0.4 is 0 Å². The lowest BCUT2D eigenvalue weighted by atomic mass is 9.95. The number of carbonyl (C=O) groups excluding carboxylic acids is 1. The van der Waals surface area contributed by atoms with Gasteiger partial charge in [0.15, 0.2) is 9.84 Å². The molecule has 4 nitrogen and oxygen atoms in total. The molecular weight excluding hydrogens is 240 g/mol. The highest BCUT2D eigenvalue weighted by Gasteiger charge is 2.32. The van der Waals surface area contributed by atoms with Crippen molar-refractivity contribution in [1.29, 1.82) is 0 Å². The average molecular weight is 252 g/mol. The molecule has 0 aliphatic carbocycles. The van der Waals surface area contributed by atoms with E-state index >= 15 is 0 Å². The predicted molar refractivity (Wildman–Crippen MR) is 62.4 cm³/mol. The molecule has 1 aromatic carbocycles. The van der Waals surface area contributed by atoms with E-state index in [-0.39, 0.29) is 17.4 Å². The summed E-state index contributed by atoms with van der Waals surface area (Å²) in [5.74, 6) is -0.827. The number of sulfone groups is 1. The van der Waals surface area contributed by atoms with Crippen LogP contribution in [0.1, 0.15) is 11.5 Å². The summed E-state index contributed by atoms with van der Waals surface area (Å²) in [5, 5.41) is 0. The Kier molecular flexibility index (Phi) is 2.79. The Bertz CT molecular complexity index is 586. The zero-order chi connectivity index (χ0) is 12.6. The summed E-state index contributed by atoms with van der Waals surface area (Å²) in [6.07, 6.45) is 1.15. The number of carbonyl (C=O) groups is 1. The van der Waals surface area contributed by atoms with E-state index in [1.54, 1.807) is 18.2 Å². The Labute approximate surface area is 99.8 Å². The van der Waals surface area contributed by atoms with Crippen LogP contribution in [0.3, 0.4) is 0 Å². The summed E-state index contributed by atoms with van der Waals surface area (Å²) < 4.78 is 28.2. The predicted octanol–water partition coefficient (Wildman–Crippen LogP) is 1.29. The molecule has 1 fully saturated rings. The van der Waals surface area contributed by atoms with E-state index in [0.29, 0.717) is 11.1 Å². The van der Waals surface area contributed by atoms with Gasteiger partial charge in [0.05, 0.1) is 10.8 Å². The molecule has 0 spiro atoms. The van der Waals surface area contributed by atoms with E-state index < -0.39 is 15.8 Å². The fraction of sp³-hybridized carbons (Fsp3) is 0.250. The van der Waals surface area contributed by atoms with E-state index in [9.17, 15) is 13.2 Å². The van der Waals surface area contributed by atoms with Crippen LogP contribution in [0.5, 0.6) is 0 Å². The molecule has 1 atom stereocenters. The van der Waals surface area contributed by atoms with Gasteiger partial charge in [-0.25, -0.2) is 13.2 Å². The summed E-state index contributed by atoms with van der Waals surface area (Å²) in [4.78, 5) is 11.5. The van der Waals surface area contributed by atoms with Gasteiger partial charge in [0, 0.05) is 11.8 Å². The first-order chi connectivity index (χ1) is 7.91. The molecule has 1 saturated heterocycles. The van der Waals surface area contributed by atoms with Crippen molar-refractivity contribution < 1.29 is 17.9 Å². The van der Waals surface area contributed by atoms with E-state index in [2.05, 4.69) is 6.58 Å². The number of ether oxygens (including phenoxy) is 1. The van der Waals surface area contributed by atoms with Crippen LogP contribution in [0, 0.1) is 0 Å². The molecule has 17 heavy (non-hydrogen) atoms. The van der Waals surface area contributed by atoms with Crippen molar-refractivity contribution >= 4 is 15.8 Å². The molecule has 0 amide bonds. The van der Waals surface area contributed by atoms with Crippen LogP contribution in [-0.2, 0) is 19.4 Å². The lowest BCUT2D eigenvalue weighted by Gasteiger charge is -2.12. The van der Waals surface area contributed by atoms with E-state index in [0.717, 1.165) is 6.26 Å². The first-order valence-electron chi connectivity index (χ1n) is 5.06. The molecule has 2 rings (SSSR count). The Morgan fingerprint density at radius 3 is 2.53 bits per heavy atom. The molecule has 1 aliphatic heterocycles. The second-order valence-corrected chi connectivity index (χ2v) is 5.97. The molecule has 0 bridgehead atoms. The Morgan fingerprint density at radius 1 is 1.35 bits per heavy atom. The van der Waals surface area contributed by atoms with Gasteiger partial charge < -0.3 is 4.74 Å². The first kappa shape index (κ1) is 11.9. The molecule has 0 radical (unpaired) electrons. The molecule has 1 heterocycles. The van der Waals surface area contributed by atoms with Gasteiger partial charge in [-0.2, -0.15) is 0 Å². The smallest absolute Gasteiger partial charge is 0.334 e. The minimum Gasteiger partial charge on any atom is -0.461 e. The van der Waals surface area contributed by atoms with E-state index in [1.807, 2.05) is 0 Å². The summed E-state index contributed by atoms with van der Waals surface area (Å²) in [7, 11) is -3.32. The van der Waals surface area contributed by atoms with Crippen LogP contribution in [-0.4, -0.2) is 27.2 Å². The van der Waals surface area contributed by atoms with Crippen LogP contribution >= 0.6 is 0 Å². The number of esters is 1. The van der Waals surface area contributed by atoms with Crippen LogP contribution in [0.15, 0.2) is 41.3 Å². The third-order valence-electron chi connectivity index (χ3n) is 2.76. The van der Waals surface area contributed by atoms with Crippen molar-refractivity contribution in [3.63, 3.8) is 0 Å². The topological polar surface area (TPSA) is 60.4 Å². The van der Waals surface area contributed by atoms with Gasteiger partial charge >= 0.3 is 5.97 Å². The molecule has 1 aliphatic rings. The molecule has 0 aromatic heterocycles. The molecule has 1 aromatic rings. The van der Waals surface area contributed by atoms with Gasteiger partial charge in [-0.05, 0) is 11.6 Å². The Hall–Kier alpha value is -1.62. The van der Waals surface area contributed by atoms with E-state index in [1.165, 1.54) is 6.07 Å². The van der Waals surface area contributed by atoms with Crippen LogP contribution in [0.25, 0.3) is 0 Å². The number of rotatable bonds is 2. The van der Waals surface area contributed by atoms with Gasteiger partial charge in [-0.3, -0.25) is 0 Å². The maximum Gasteiger partial charge on any atom is 0.334 e. The molecular formula is C12H12O4S. The number of hydrogen-bond donors (Lipinski definition) is 0. The highest BCUT2D eigenvalue weighted by Crippen LogP contribution is 2.33. The summed E-state index contributed by atoms with van der Waals surface area (Å²) in [6, 6.07) is 6.61. The zero-order valence-electron chi connectivity index (χ0n) is 9.34. The molecule has 5 heteroatoms. The highest BCUT2D eigenvalue weighted by molar-refractivity contribution is 7.90. The minimum absolute atomic E-state index is 0.157. The Morgan fingerprint density at radius 2 is 2.00 bits per heavy atom. The third kappa shape index (κ3) is 2.10. The standard InChI is InChI=1S/C12H12O4S/c1-8-10(7-16-12(8)13)9-5-3-4-6-11(9)17(2,14)15/h3-6,10H,1,7H2,2H3. The van der Waals surface area contributed by atoms with Gasteiger partial charge in [0.1, 0.15) is 6.61 Å². The highest BCUT2D eigenvalue weighted by atomic mass is 32.2. The number of cyclic esters (lactones) is 1. The largest absolute Gasteiger partial charge is 0.461 e. The number of benzene rings is 1. The molecule has 90 valence electrons. The molecule has 0 saturated carbocycles. The minimum atomic E-state index is -3.32. The lowest BCUT2D eigenvalue weighted by Crippen LogP contribution is -2.08. The maximum absolute atomic E-state index is 11.6. The van der Waals surface area contributed by atoms with Crippen LogP contribution in [0.2, 0.25) is 0 Å². The van der Waals surface area contributed by atoms with Crippen molar-refractivity contribution in [3.8, 4) is 0 Å². The fourth-order valence-corrected chi connectivity index (χ4v) is 2.84. The quantitative estimate of drug-likeness (QED) is 0.587. The second-order valence-electron chi connectivity index (χ2n) is 3.99. The SMILES string of the molecule is C=C1C(=O)OCC1c1ccccc1S(C)(=O)=O. The zero-order valence-corrected chi connectivity index (χ0v) is 10.2. The van der Waals surface area contributed by atoms with Gasteiger partial charge in [0.2, 0.25) is 0 Å². The maximum atomic E-state index is 11.6. The fourth-order valence-electron chi connectivity index (χ4n) is 1.88. The van der Waals surface area contributed by atoms with Crippen molar-refractivity contribution in [2.45, 2.75) is 10.8 Å². The summed E-state index contributed by atoms with van der Waals surface area (Å²) in [5.41, 5.74) is 0.881. The van der Waals surface area contributed by atoms with Gasteiger partial charge in [-0.1, -0.05) is 24.8 Å². The van der Waals surface area contributed by atoms with Gasteiger partial charge in [-0.15, -0.1) is 0 Å².